The first kappa shape index (κ1) is 17.1. The first-order valence-electron chi connectivity index (χ1n) is 7.04. The Labute approximate surface area is 129 Å². The SMILES string of the molecule is CC.CC(Cc1ccc(OP)nc1)c1ccc(C#N)cc1. The monoisotopic (exact) mass is 300 g/mol. The van der Waals surface area contributed by atoms with Crippen molar-refractivity contribution < 1.29 is 4.52 Å². The maximum atomic E-state index is 8.78. The molecule has 2 aromatic rings. The predicted molar refractivity (Wildman–Crippen MR) is 89.2 cm³/mol. The van der Waals surface area contributed by atoms with Gasteiger partial charge in [0.05, 0.1) is 21.1 Å². The molecule has 0 fully saturated rings. The fourth-order valence-electron chi connectivity index (χ4n) is 1.96. The van der Waals surface area contributed by atoms with Crippen molar-refractivity contribution in [2.75, 3.05) is 0 Å². The molecule has 1 heterocycles. The summed E-state index contributed by atoms with van der Waals surface area (Å²) in [6.45, 7) is 6.17. The lowest BCUT2D eigenvalue weighted by molar-refractivity contribution is 0.613. The second kappa shape index (κ2) is 9.10. The predicted octanol–water partition coefficient (Wildman–Crippen LogP) is 4.49. The van der Waals surface area contributed by atoms with Crippen molar-refractivity contribution in [1.29, 1.82) is 5.26 Å². The molecule has 0 bridgehead atoms. The van der Waals surface area contributed by atoms with Gasteiger partial charge in [0, 0.05) is 12.3 Å². The van der Waals surface area contributed by atoms with Gasteiger partial charge >= 0.3 is 0 Å². The maximum absolute atomic E-state index is 8.78. The standard InChI is InChI=1S/C15H15N2OP.C2H6/c1-11(14-5-2-12(9-16)3-6-14)8-13-4-7-15(18-19)17-10-13;1-2/h2-7,10-11H,8,19H2,1H3;1-2H3. The molecule has 0 aliphatic rings. The largest absolute Gasteiger partial charge is 0.463 e. The number of aromatic nitrogens is 1. The summed E-state index contributed by atoms with van der Waals surface area (Å²) in [5, 5.41) is 8.78. The Hall–Kier alpha value is -1.91. The zero-order valence-electron chi connectivity index (χ0n) is 12.7. The number of nitrogens with zero attached hydrogens (tertiary/aromatic N) is 2. The van der Waals surface area contributed by atoms with Crippen LogP contribution in [0.4, 0.5) is 0 Å². The van der Waals surface area contributed by atoms with Crippen LogP contribution in [0.25, 0.3) is 0 Å². The number of benzene rings is 1. The fourth-order valence-corrected chi connectivity index (χ4v) is 2.10. The lowest BCUT2D eigenvalue weighted by Gasteiger charge is -2.12. The van der Waals surface area contributed by atoms with Crippen LogP contribution in [0.3, 0.4) is 0 Å². The van der Waals surface area contributed by atoms with E-state index in [0.29, 0.717) is 17.4 Å². The Balaban J connectivity index is 0.00000106. The van der Waals surface area contributed by atoms with E-state index in [2.05, 4.69) is 27.4 Å². The molecule has 0 amide bonds. The van der Waals surface area contributed by atoms with Crippen LogP contribution in [0.15, 0.2) is 42.6 Å². The molecule has 4 heteroatoms. The van der Waals surface area contributed by atoms with E-state index in [1.54, 1.807) is 0 Å². The number of rotatable bonds is 4. The minimum atomic E-state index is 0.386. The van der Waals surface area contributed by atoms with E-state index >= 15 is 0 Å². The lowest BCUT2D eigenvalue weighted by atomic mass is 9.94. The van der Waals surface area contributed by atoms with Crippen LogP contribution in [0, 0.1) is 11.3 Å². The first-order valence-corrected chi connectivity index (χ1v) is 7.52. The van der Waals surface area contributed by atoms with Crippen LogP contribution in [0.2, 0.25) is 0 Å². The van der Waals surface area contributed by atoms with Gasteiger partial charge in [-0.15, -0.1) is 0 Å². The summed E-state index contributed by atoms with van der Waals surface area (Å²) >= 11 is 0. The third-order valence-corrected chi connectivity index (χ3v) is 3.31. The summed E-state index contributed by atoms with van der Waals surface area (Å²) in [4.78, 5) is 4.19. The smallest absolute Gasteiger partial charge is 0.215 e. The number of hydrogen-bond donors (Lipinski definition) is 0. The molecule has 110 valence electrons. The normalized spacial score (nSPS) is 10.8. The molecule has 0 saturated heterocycles. The van der Waals surface area contributed by atoms with E-state index in [1.807, 2.05) is 56.4 Å². The van der Waals surface area contributed by atoms with Gasteiger partial charge in [-0.25, -0.2) is 4.98 Å². The van der Waals surface area contributed by atoms with Crippen LogP contribution in [0.5, 0.6) is 5.88 Å². The van der Waals surface area contributed by atoms with Crippen LogP contribution in [-0.2, 0) is 6.42 Å². The number of pyridine rings is 1. The topological polar surface area (TPSA) is 45.9 Å². The average molecular weight is 300 g/mol. The molecule has 1 aromatic carbocycles. The molecule has 21 heavy (non-hydrogen) atoms. The van der Waals surface area contributed by atoms with Crippen LogP contribution in [-0.4, -0.2) is 4.98 Å². The van der Waals surface area contributed by atoms with E-state index in [0.717, 1.165) is 6.42 Å². The highest BCUT2D eigenvalue weighted by Crippen LogP contribution is 2.21. The van der Waals surface area contributed by atoms with Crippen LogP contribution < -0.4 is 4.52 Å². The zero-order valence-corrected chi connectivity index (χ0v) is 13.9. The Morgan fingerprint density at radius 3 is 2.33 bits per heavy atom. The van der Waals surface area contributed by atoms with Gasteiger partial charge in [0.1, 0.15) is 0 Å². The molecule has 2 unspecified atom stereocenters. The highest BCUT2D eigenvalue weighted by molar-refractivity contribution is 7.10. The summed E-state index contributed by atoms with van der Waals surface area (Å²) < 4.78 is 4.96. The zero-order chi connectivity index (χ0) is 15.7. The van der Waals surface area contributed by atoms with E-state index in [4.69, 9.17) is 9.79 Å². The van der Waals surface area contributed by atoms with Crippen LogP contribution >= 0.6 is 9.47 Å². The van der Waals surface area contributed by atoms with Gasteiger partial charge in [-0.2, -0.15) is 5.26 Å². The Morgan fingerprint density at radius 1 is 1.19 bits per heavy atom. The van der Waals surface area contributed by atoms with Gasteiger partial charge in [-0.1, -0.05) is 39.0 Å². The Morgan fingerprint density at radius 2 is 1.86 bits per heavy atom. The average Bonchev–Trinajstić information content (AvgIpc) is 2.57. The molecule has 0 aliphatic heterocycles. The quantitative estimate of drug-likeness (QED) is 0.781. The lowest BCUT2D eigenvalue weighted by Crippen LogP contribution is -1.99. The van der Waals surface area contributed by atoms with E-state index < -0.39 is 0 Å². The fraction of sp³-hybridized carbons (Fsp3) is 0.294. The molecule has 0 N–H and O–H groups in total. The van der Waals surface area contributed by atoms with Gasteiger partial charge in [0.2, 0.25) is 5.88 Å². The molecular formula is C17H21N2OP. The molecule has 0 radical (unpaired) electrons. The molecule has 0 spiro atoms. The molecule has 0 aliphatic carbocycles. The highest BCUT2D eigenvalue weighted by atomic mass is 31.0. The first-order chi connectivity index (χ1) is 10.2. The summed E-state index contributed by atoms with van der Waals surface area (Å²) in [5.74, 6) is 0.983. The molecular weight excluding hydrogens is 279 g/mol. The van der Waals surface area contributed by atoms with Crippen molar-refractivity contribution in [2.24, 2.45) is 0 Å². The third-order valence-electron chi connectivity index (χ3n) is 3.07. The van der Waals surface area contributed by atoms with Crippen molar-refractivity contribution in [2.45, 2.75) is 33.1 Å². The molecule has 2 rings (SSSR count). The van der Waals surface area contributed by atoms with E-state index in [-0.39, 0.29) is 0 Å². The van der Waals surface area contributed by atoms with E-state index in [1.165, 1.54) is 11.1 Å². The highest BCUT2D eigenvalue weighted by Gasteiger charge is 2.07. The summed E-state index contributed by atoms with van der Waals surface area (Å²) in [6.07, 6.45) is 2.75. The Kier molecular flexibility index (Phi) is 7.43. The van der Waals surface area contributed by atoms with Gasteiger partial charge in [0.25, 0.3) is 0 Å². The number of nitriles is 1. The minimum absolute atomic E-state index is 0.386. The summed E-state index contributed by atoms with van der Waals surface area (Å²) in [5.41, 5.74) is 3.09. The van der Waals surface area contributed by atoms with Crippen molar-refractivity contribution in [3.05, 3.63) is 59.3 Å². The molecule has 0 saturated carbocycles. The Bertz CT molecular complexity index is 573. The van der Waals surface area contributed by atoms with Gasteiger partial charge in [-0.05, 0) is 35.6 Å². The van der Waals surface area contributed by atoms with Crippen molar-refractivity contribution >= 4 is 9.47 Å². The number of hydrogen-bond acceptors (Lipinski definition) is 3. The second-order valence-corrected chi connectivity index (χ2v) is 4.70. The minimum Gasteiger partial charge on any atom is -0.463 e. The second-order valence-electron chi connectivity index (χ2n) is 4.46. The van der Waals surface area contributed by atoms with Gasteiger partial charge < -0.3 is 4.52 Å². The van der Waals surface area contributed by atoms with Gasteiger partial charge in [-0.3, -0.25) is 0 Å². The molecule has 2 atom stereocenters. The molecule has 1 aromatic heterocycles. The maximum Gasteiger partial charge on any atom is 0.215 e. The molecule has 3 nitrogen and oxygen atoms in total. The van der Waals surface area contributed by atoms with Gasteiger partial charge in [0.15, 0.2) is 0 Å². The third kappa shape index (κ3) is 5.17. The summed E-state index contributed by atoms with van der Waals surface area (Å²) in [7, 11) is 2.18. The van der Waals surface area contributed by atoms with Crippen molar-refractivity contribution in [3.63, 3.8) is 0 Å². The van der Waals surface area contributed by atoms with Crippen molar-refractivity contribution in [1.82, 2.24) is 4.98 Å². The summed E-state index contributed by atoms with van der Waals surface area (Å²) in [6, 6.07) is 13.7. The van der Waals surface area contributed by atoms with E-state index in [9.17, 15) is 0 Å². The van der Waals surface area contributed by atoms with Crippen LogP contribution in [0.1, 0.15) is 43.4 Å². The van der Waals surface area contributed by atoms with Crippen molar-refractivity contribution in [3.8, 4) is 11.9 Å².